The fourth-order valence-electron chi connectivity index (χ4n) is 3.17. The summed E-state index contributed by atoms with van der Waals surface area (Å²) in [5.41, 5.74) is 0.441. The molecule has 2 saturated heterocycles. The van der Waals surface area contributed by atoms with Crippen LogP contribution in [0.1, 0.15) is 12.8 Å². The molecule has 2 unspecified atom stereocenters. The van der Waals surface area contributed by atoms with Crippen LogP contribution in [-0.2, 0) is 0 Å². The van der Waals surface area contributed by atoms with Gasteiger partial charge in [0.25, 0.3) is 0 Å². The third-order valence-electron chi connectivity index (χ3n) is 4.28. The molecular weight excluding hydrogens is 311 g/mol. The number of rotatable bonds is 2. The maximum Gasteiger partial charge on any atom is 0.573 e. The van der Waals surface area contributed by atoms with Gasteiger partial charge in [-0.15, -0.1) is 13.2 Å². The lowest BCUT2D eigenvalue weighted by Crippen LogP contribution is -2.48. The van der Waals surface area contributed by atoms with E-state index < -0.39 is 6.36 Å². The molecule has 2 N–H and O–H groups in total. The molecule has 2 aliphatic heterocycles. The van der Waals surface area contributed by atoms with E-state index in [9.17, 15) is 18.0 Å². The summed E-state index contributed by atoms with van der Waals surface area (Å²) in [5, 5.41) is 6.14. The minimum Gasteiger partial charge on any atom is -0.406 e. The van der Waals surface area contributed by atoms with Crippen LogP contribution in [0.2, 0.25) is 0 Å². The number of likely N-dealkylation sites (tertiary alicyclic amines) is 1. The Morgan fingerprint density at radius 2 is 2.00 bits per heavy atom. The van der Waals surface area contributed by atoms with Gasteiger partial charge in [-0.3, -0.25) is 0 Å². The van der Waals surface area contributed by atoms with Crippen LogP contribution >= 0.6 is 0 Å². The summed E-state index contributed by atoms with van der Waals surface area (Å²) in [6.45, 7) is 2.37. The Hall–Kier alpha value is -1.96. The molecule has 126 valence electrons. The topological polar surface area (TPSA) is 53.6 Å². The molecule has 0 aliphatic carbocycles. The lowest BCUT2D eigenvalue weighted by atomic mass is 9.94. The molecule has 0 radical (unpaired) electrons. The number of hydrogen-bond donors (Lipinski definition) is 2. The Morgan fingerprint density at radius 1 is 1.26 bits per heavy atom. The summed E-state index contributed by atoms with van der Waals surface area (Å²) in [6.07, 6.45) is -2.72. The molecule has 23 heavy (non-hydrogen) atoms. The standard InChI is InChI=1S/C15H18F3N3O2/c16-15(17,18)23-12-3-1-11(2-4-12)20-14(22)21-8-6-13-10(9-21)5-7-19-13/h1-4,10,13,19H,5-9H2,(H,20,22). The third kappa shape index (κ3) is 4.07. The summed E-state index contributed by atoms with van der Waals surface area (Å²) in [5.74, 6) is 0.172. The number of anilines is 1. The van der Waals surface area contributed by atoms with Gasteiger partial charge in [-0.1, -0.05) is 0 Å². The number of amides is 2. The van der Waals surface area contributed by atoms with Crippen LogP contribution in [0, 0.1) is 5.92 Å². The Bertz CT molecular complexity index is 562. The molecule has 8 heteroatoms. The van der Waals surface area contributed by atoms with Crippen LogP contribution in [0.4, 0.5) is 23.7 Å². The lowest BCUT2D eigenvalue weighted by Gasteiger charge is -2.34. The number of nitrogens with one attached hydrogen (secondary N) is 2. The van der Waals surface area contributed by atoms with E-state index in [0.29, 0.717) is 30.7 Å². The fourth-order valence-corrected chi connectivity index (χ4v) is 3.17. The summed E-state index contributed by atoms with van der Waals surface area (Å²) in [7, 11) is 0. The van der Waals surface area contributed by atoms with Gasteiger partial charge in [0.1, 0.15) is 5.75 Å². The van der Waals surface area contributed by atoms with E-state index in [0.717, 1.165) is 19.4 Å². The van der Waals surface area contributed by atoms with Gasteiger partial charge in [-0.05, 0) is 49.6 Å². The van der Waals surface area contributed by atoms with Crippen LogP contribution in [-0.4, -0.2) is 43.0 Å². The normalized spacial score (nSPS) is 24.2. The van der Waals surface area contributed by atoms with Gasteiger partial charge >= 0.3 is 12.4 Å². The third-order valence-corrected chi connectivity index (χ3v) is 4.28. The Kier molecular flexibility index (Phi) is 4.34. The molecule has 2 amide bonds. The first-order valence-electron chi connectivity index (χ1n) is 7.56. The SMILES string of the molecule is O=C(Nc1ccc(OC(F)(F)F)cc1)N1CCC2NCCC2C1. The van der Waals surface area contributed by atoms with Crippen molar-refractivity contribution in [3.05, 3.63) is 24.3 Å². The van der Waals surface area contributed by atoms with Gasteiger partial charge in [-0.2, -0.15) is 0 Å². The molecule has 0 bridgehead atoms. The molecule has 2 heterocycles. The van der Waals surface area contributed by atoms with Crippen molar-refractivity contribution in [2.45, 2.75) is 25.2 Å². The summed E-state index contributed by atoms with van der Waals surface area (Å²) < 4.78 is 40.1. The minimum absolute atomic E-state index is 0.222. The Morgan fingerprint density at radius 3 is 2.70 bits per heavy atom. The van der Waals surface area contributed by atoms with Crippen molar-refractivity contribution in [1.29, 1.82) is 0 Å². The number of nitrogens with zero attached hydrogens (tertiary/aromatic N) is 1. The molecule has 1 aromatic rings. The molecule has 0 saturated carbocycles. The van der Waals surface area contributed by atoms with Crippen molar-refractivity contribution in [2.24, 2.45) is 5.92 Å². The van der Waals surface area contributed by atoms with Crippen molar-refractivity contribution in [2.75, 3.05) is 25.0 Å². The monoisotopic (exact) mass is 329 g/mol. The average Bonchev–Trinajstić information content (AvgIpc) is 2.95. The highest BCUT2D eigenvalue weighted by molar-refractivity contribution is 5.89. The zero-order valence-corrected chi connectivity index (χ0v) is 12.4. The summed E-state index contributed by atoms with van der Waals surface area (Å²) >= 11 is 0. The first kappa shape index (κ1) is 15.9. The van der Waals surface area contributed by atoms with Gasteiger partial charge < -0.3 is 20.3 Å². The molecular formula is C15H18F3N3O2. The summed E-state index contributed by atoms with van der Waals surface area (Å²) in [4.78, 5) is 14.0. The number of carbonyl (C=O) groups is 1. The number of halogens is 3. The fraction of sp³-hybridized carbons (Fsp3) is 0.533. The number of ether oxygens (including phenoxy) is 1. The minimum atomic E-state index is -4.72. The predicted octanol–water partition coefficient (Wildman–Crippen LogP) is 2.80. The first-order valence-corrected chi connectivity index (χ1v) is 7.56. The number of urea groups is 1. The molecule has 0 spiro atoms. The molecule has 2 aliphatic rings. The lowest BCUT2D eigenvalue weighted by molar-refractivity contribution is -0.274. The van der Waals surface area contributed by atoms with E-state index in [-0.39, 0.29) is 11.8 Å². The van der Waals surface area contributed by atoms with Gasteiger partial charge in [0.15, 0.2) is 0 Å². The van der Waals surface area contributed by atoms with Crippen LogP contribution in [0.3, 0.4) is 0 Å². The highest BCUT2D eigenvalue weighted by Crippen LogP contribution is 2.26. The Labute approximate surface area is 131 Å². The van der Waals surface area contributed by atoms with Gasteiger partial charge in [0.2, 0.25) is 0 Å². The highest BCUT2D eigenvalue weighted by Gasteiger charge is 2.34. The molecule has 2 fully saturated rings. The number of hydrogen-bond acceptors (Lipinski definition) is 3. The number of fused-ring (bicyclic) bond motifs is 1. The Balaban J connectivity index is 1.55. The van der Waals surface area contributed by atoms with E-state index >= 15 is 0 Å². The molecule has 3 rings (SSSR count). The molecule has 0 aromatic heterocycles. The molecule has 5 nitrogen and oxygen atoms in total. The summed E-state index contributed by atoms with van der Waals surface area (Å²) in [6, 6.07) is 5.41. The van der Waals surface area contributed by atoms with Crippen LogP contribution in [0.5, 0.6) is 5.75 Å². The van der Waals surface area contributed by atoms with Crippen LogP contribution in [0.25, 0.3) is 0 Å². The van der Waals surface area contributed by atoms with Gasteiger partial charge in [0, 0.05) is 24.8 Å². The second-order valence-corrected chi connectivity index (χ2v) is 5.85. The number of piperidine rings is 1. The maximum absolute atomic E-state index is 12.3. The van der Waals surface area contributed by atoms with Gasteiger partial charge in [-0.25, -0.2) is 4.79 Å². The van der Waals surface area contributed by atoms with Crippen molar-refractivity contribution in [1.82, 2.24) is 10.2 Å². The number of alkyl halides is 3. The molecule has 1 aromatic carbocycles. The first-order chi connectivity index (χ1) is 10.9. The number of benzene rings is 1. The second kappa shape index (κ2) is 6.27. The van der Waals surface area contributed by atoms with Crippen molar-refractivity contribution in [3.63, 3.8) is 0 Å². The zero-order chi connectivity index (χ0) is 16.4. The van der Waals surface area contributed by atoms with Crippen molar-refractivity contribution < 1.29 is 22.7 Å². The quantitative estimate of drug-likeness (QED) is 0.877. The van der Waals surface area contributed by atoms with Crippen molar-refractivity contribution in [3.8, 4) is 5.75 Å². The second-order valence-electron chi connectivity index (χ2n) is 5.85. The highest BCUT2D eigenvalue weighted by atomic mass is 19.4. The average molecular weight is 329 g/mol. The van der Waals surface area contributed by atoms with Crippen LogP contribution in [0.15, 0.2) is 24.3 Å². The van der Waals surface area contributed by atoms with E-state index in [2.05, 4.69) is 15.4 Å². The largest absolute Gasteiger partial charge is 0.573 e. The van der Waals surface area contributed by atoms with Crippen LogP contribution < -0.4 is 15.4 Å². The van der Waals surface area contributed by atoms with Gasteiger partial charge in [0.05, 0.1) is 0 Å². The number of carbonyl (C=O) groups excluding carboxylic acids is 1. The smallest absolute Gasteiger partial charge is 0.406 e. The van der Waals surface area contributed by atoms with E-state index in [1.54, 1.807) is 4.90 Å². The molecule has 2 atom stereocenters. The van der Waals surface area contributed by atoms with E-state index in [1.807, 2.05) is 0 Å². The maximum atomic E-state index is 12.3. The van der Waals surface area contributed by atoms with E-state index in [1.165, 1.54) is 24.3 Å². The predicted molar refractivity (Wildman–Crippen MR) is 78.2 cm³/mol. The van der Waals surface area contributed by atoms with Crippen molar-refractivity contribution >= 4 is 11.7 Å². The zero-order valence-electron chi connectivity index (χ0n) is 12.4. The van der Waals surface area contributed by atoms with E-state index in [4.69, 9.17) is 0 Å².